The Labute approximate surface area is 126 Å². The summed E-state index contributed by atoms with van der Waals surface area (Å²) < 4.78 is 5.28. The molecular formula is C14H27N3O4. The molecule has 0 saturated carbocycles. The Morgan fingerprint density at radius 2 is 1.95 bits per heavy atom. The molecule has 7 nitrogen and oxygen atoms in total. The van der Waals surface area contributed by atoms with Crippen molar-refractivity contribution in [1.82, 2.24) is 15.1 Å². The zero-order valence-corrected chi connectivity index (χ0v) is 13.6. The van der Waals surface area contributed by atoms with E-state index in [1.807, 2.05) is 21.0 Å². The number of likely N-dealkylation sites (tertiary alicyclic amines) is 1. The molecule has 0 unspecified atom stereocenters. The summed E-state index contributed by atoms with van der Waals surface area (Å²) in [5.74, 6) is -0.996. The molecule has 0 aromatic rings. The SMILES string of the molecule is CN(C)CC(C)(C)CNC(=O)N1CC(C)(OCC(=O)O)C1. The second kappa shape index (κ2) is 6.62. The highest BCUT2D eigenvalue weighted by Gasteiger charge is 2.43. The third kappa shape index (κ3) is 5.89. The normalized spacial score (nSPS) is 17.5. The van der Waals surface area contributed by atoms with Crippen molar-refractivity contribution in [2.24, 2.45) is 5.41 Å². The summed E-state index contributed by atoms with van der Waals surface area (Å²) >= 11 is 0. The number of ether oxygens (including phenoxy) is 1. The van der Waals surface area contributed by atoms with Crippen LogP contribution in [0.2, 0.25) is 0 Å². The predicted octanol–water partition coefficient (Wildman–Crippen LogP) is 0.459. The highest BCUT2D eigenvalue weighted by Crippen LogP contribution is 2.24. The predicted molar refractivity (Wildman–Crippen MR) is 79.3 cm³/mol. The maximum Gasteiger partial charge on any atom is 0.329 e. The van der Waals surface area contributed by atoms with Crippen LogP contribution in [0.25, 0.3) is 0 Å². The largest absolute Gasteiger partial charge is 0.480 e. The lowest BCUT2D eigenvalue weighted by atomic mass is 9.93. The quantitative estimate of drug-likeness (QED) is 0.714. The molecule has 2 amide bonds. The summed E-state index contributed by atoms with van der Waals surface area (Å²) in [6, 6.07) is -0.127. The average Bonchev–Trinajstić information content (AvgIpc) is 2.28. The van der Waals surface area contributed by atoms with Gasteiger partial charge in [-0.2, -0.15) is 0 Å². The molecule has 1 saturated heterocycles. The van der Waals surface area contributed by atoms with Crippen molar-refractivity contribution < 1.29 is 19.4 Å². The van der Waals surface area contributed by atoms with Crippen molar-refractivity contribution in [1.29, 1.82) is 0 Å². The number of carbonyl (C=O) groups excluding carboxylic acids is 1. The van der Waals surface area contributed by atoms with Crippen LogP contribution in [0.1, 0.15) is 20.8 Å². The molecule has 122 valence electrons. The molecule has 0 spiro atoms. The lowest BCUT2D eigenvalue weighted by molar-refractivity contribution is -0.159. The monoisotopic (exact) mass is 301 g/mol. The molecule has 1 rings (SSSR count). The standard InChI is InChI=1S/C14H27N3O4/c1-13(2,8-16(4)5)7-15-12(20)17-9-14(3,10-17)21-6-11(18)19/h6-10H2,1-5H3,(H,15,20)(H,18,19). The number of urea groups is 1. The van der Waals surface area contributed by atoms with Crippen molar-refractivity contribution in [3.8, 4) is 0 Å². The van der Waals surface area contributed by atoms with Gasteiger partial charge in [-0.3, -0.25) is 0 Å². The average molecular weight is 301 g/mol. The van der Waals surface area contributed by atoms with Crippen LogP contribution in [0, 0.1) is 5.41 Å². The van der Waals surface area contributed by atoms with Crippen molar-refractivity contribution in [2.75, 3.05) is 46.9 Å². The minimum absolute atomic E-state index is 0.00681. The van der Waals surface area contributed by atoms with E-state index < -0.39 is 11.6 Å². The van der Waals surface area contributed by atoms with E-state index in [-0.39, 0.29) is 18.1 Å². The van der Waals surface area contributed by atoms with Gasteiger partial charge in [-0.05, 0) is 26.4 Å². The third-order valence-electron chi connectivity index (χ3n) is 3.34. The van der Waals surface area contributed by atoms with Gasteiger partial charge in [-0.1, -0.05) is 13.8 Å². The van der Waals surface area contributed by atoms with E-state index in [1.54, 1.807) is 4.90 Å². The van der Waals surface area contributed by atoms with E-state index in [0.29, 0.717) is 19.6 Å². The fraction of sp³-hybridized carbons (Fsp3) is 0.857. The Hall–Kier alpha value is -1.34. The van der Waals surface area contributed by atoms with Crippen LogP contribution in [0.4, 0.5) is 4.79 Å². The van der Waals surface area contributed by atoms with Gasteiger partial charge in [0.1, 0.15) is 12.2 Å². The van der Waals surface area contributed by atoms with Gasteiger partial charge in [0.05, 0.1) is 13.1 Å². The minimum Gasteiger partial charge on any atom is -0.480 e. The number of carboxylic acids is 1. The van der Waals surface area contributed by atoms with Crippen LogP contribution in [0.5, 0.6) is 0 Å². The second-order valence-electron chi connectivity index (χ2n) is 7.05. The lowest BCUT2D eigenvalue weighted by Gasteiger charge is -2.47. The maximum atomic E-state index is 12.0. The molecule has 1 fully saturated rings. The van der Waals surface area contributed by atoms with Gasteiger partial charge in [-0.25, -0.2) is 9.59 Å². The van der Waals surface area contributed by atoms with Crippen LogP contribution in [-0.4, -0.2) is 79.4 Å². The molecule has 0 aromatic carbocycles. The molecule has 7 heteroatoms. The first kappa shape index (κ1) is 17.7. The van der Waals surface area contributed by atoms with Crippen LogP contribution in [-0.2, 0) is 9.53 Å². The van der Waals surface area contributed by atoms with Gasteiger partial charge < -0.3 is 25.0 Å². The summed E-state index contributed by atoms with van der Waals surface area (Å²) in [6.45, 7) is 7.99. The fourth-order valence-electron chi connectivity index (χ4n) is 2.57. The molecule has 1 aliphatic rings. The highest BCUT2D eigenvalue weighted by atomic mass is 16.5. The molecule has 21 heavy (non-hydrogen) atoms. The molecule has 0 radical (unpaired) electrons. The molecule has 0 aromatic heterocycles. The lowest BCUT2D eigenvalue weighted by Crippen LogP contribution is -2.65. The van der Waals surface area contributed by atoms with Crippen molar-refractivity contribution in [3.63, 3.8) is 0 Å². The van der Waals surface area contributed by atoms with Gasteiger partial charge >= 0.3 is 12.0 Å². The van der Waals surface area contributed by atoms with E-state index in [4.69, 9.17) is 9.84 Å². The smallest absolute Gasteiger partial charge is 0.329 e. The first-order valence-electron chi connectivity index (χ1n) is 7.06. The summed E-state index contributed by atoms with van der Waals surface area (Å²) in [5, 5.41) is 11.5. The third-order valence-corrected chi connectivity index (χ3v) is 3.34. The number of rotatable bonds is 7. The Balaban J connectivity index is 2.31. The molecule has 0 aliphatic carbocycles. The topological polar surface area (TPSA) is 82.1 Å². The fourth-order valence-corrected chi connectivity index (χ4v) is 2.57. The zero-order chi connectivity index (χ0) is 16.3. The molecule has 1 aliphatic heterocycles. The van der Waals surface area contributed by atoms with Crippen LogP contribution >= 0.6 is 0 Å². The Morgan fingerprint density at radius 1 is 1.38 bits per heavy atom. The number of hydrogen-bond acceptors (Lipinski definition) is 4. The van der Waals surface area contributed by atoms with E-state index >= 15 is 0 Å². The Morgan fingerprint density at radius 3 is 2.43 bits per heavy atom. The van der Waals surface area contributed by atoms with E-state index in [2.05, 4.69) is 24.1 Å². The minimum atomic E-state index is -0.996. The summed E-state index contributed by atoms with van der Waals surface area (Å²) in [4.78, 5) is 26.2. The van der Waals surface area contributed by atoms with E-state index in [9.17, 15) is 9.59 Å². The van der Waals surface area contributed by atoms with Crippen molar-refractivity contribution in [3.05, 3.63) is 0 Å². The van der Waals surface area contributed by atoms with Crippen molar-refractivity contribution in [2.45, 2.75) is 26.4 Å². The summed E-state index contributed by atoms with van der Waals surface area (Å²) in [6.07, 6.45) is 0. The van der Waals surface area contributed by atoms with E-state index in [0.717, 1.165) is 6.54 Å². The van der Waals surface area contributed by atoms with Crippen LogP contribution in [0.15, 0.2) is 0 Å². The van der Waals surface area contributed by atoms with Gasteiger partial charge in [-0.15, -0.1) is 0 Å². The summed E-state index contributed by atoms with van der Waals surface area (Å²) in [5.41, 5.74) is -0.554. The van der Waals surface area contributed by atoms with Crippen LogP contribution in [0.3, 0.4) is 0 Å². The first-order valence-corrected chi connectivity index (χ1v) is 7.06. The first-order chi connectivity index (χ1) is 9.53. The zero-order valence-electron chi connectivity index (χ0n) is 13.6. The van der Waals surface area contributed by atoms with Gasteiger partial charge in [0.15, 0.2) is 0 Å². The Kier molecular flexibility index (Phi) is 5.58. The highest BCUT2D eigenvalue weighted by molar-refractivity contribution is 5.75. The van der Waals surface area contributed by atoms with Crippen molar-refractivity contribution >= 4 is 12.0 Å². The number of amides is 2. The molecule has 2 N–H and O–H groups in total. The molecular weight excluding hydrogens is 274 g/mol. The van der Waals surface area contributed by atoms with Gasteiger partial charge in [0.25, 0.3) is 0 Å². The molecule has 0 atom stereocenters. The number of aliphatic carboxylic acids is 1. The Bertz CT molecular complexity index is 390. The van der Waals surface area contributed by atoms with Crippen LogP contribution < -0.4 is 5.32 Å². The maximum absolute atomic E-state index is 12.0. The molecule has 0 bridgehead atoms. The number of carboxylic acid groups (broad SMARTS) is 1. The number of carbonyl (C=O) groups is 2. The van der Waals surface area contributed by atoms with E-state index in [1.165, 1.54) is 0 Å². The number of nitrogens with zero attached hydrogens (tertiary/aromatic N) is 2. The number of nitrogens with one attached hydrogen (secondary N) is 1. The summed E-state index contributed by atoms with van der Waals surface area (Å²) in [7, 11) is 4.01. The second-order valence-corrected chi connectivity index (χ2v) is 7.05. The number of hydrogen-bond donors (Lipinski definition) is 2. The molecule has 1 heterocycles. The van der Waals surface area contributed by atoms with Gasteiger partial charge in [0, 0.05) is 13.1 Å². The van der Waals surface area contributed by atoms with Gasteiger partial charge in [0.2, 0.25) is 0 Å².